The molecule has 1 saturated carbocycles. The van der Waals surface area contributed by atoms with Crippen molar-refractivity contribution in [1.82, 2.24) is 20.6 Å². The molecule has 2 heterocycles. The fourth-order valence-electron chi connectivity index (χ4n) is 4.33. The second-order valence-corrected chi connectivity index (χ2v) is 8.08. The number of urea groups is 1. The summed E-state index contributed by atoms with van der Waals surface area (Å²) < 4.78 is 13.1. The Bertz CT molecular complexity index is 1200. The van der Waals surface area contributed by atoms with Gasteiger partial charge in [0.15, 0.2) is 0 Å². The van der Waals surface area contributed by atoms with Gasteiger partial charge in [0.25, 0.3) is 5.91 Å². The van der Waals surface area contributed by atoms with Gasteiger partial charge in [-0.25, -0.2) is 14.2 Å². The molecular weight excluding hydrogens is 401 g/mol. The fourth-order valence-corrected chi connectivity index (χ4v) is 4.33. The predicted molar refractivity (Wildman–Crippen MR) is 111 cm³/mol. The average Bonchev–Trinajstić information content (AvgIpc) is 3.29. The van der Waals surface area contributed by atoms with E-state index in [0.29, 0.717) is 37.2 Å². The number of halogens is 1. The number of imide groups is 1. The molecule has 1 spiro atoms. The summed E-state index contributed by atoms with van der Waals surface area (Å²) in [7, 11) is 0. The van der Waals surface area contributed by atoms with Crippen LogP contribution in [0.5, 0.6) is 0 Å². The molecule has 158 valence electrons. The van der Waals surface area contributed by atoms with Gasteiger partial charge in [0, 0.05) is 17.2 Å². The van der Waals surface area contributed by atoms with Crippen molar-refractivity contribution >= 4 is 34.6 Å². The number of fused-ring (bicyclic) bond motifs is 1. The summed E-state index contributed by atoms with van der Waals surface area (Å²) in [5, 5.41) is 7.92. The van der Waals surface area contributed by atoms with E-state index in [1.165, 1.54) is 12.1 Å². The van der Waals surface area contributed by atoms with Crippen molar-refractivity contribution in [3.05, 3.63) is 48.3 Å². The lowest BCUT2D eigenvalue weighted by Gasteiger charge is -2.33. The van der Waals surface area contributed by atoms with Gasteiger partial charge >= 0.3 is 6.03 Å². The monoisotopic (exact) mass is 421 g/mol. The van der Waals surface area contributed by atoms with Gasteiger partial charge in [0.05, 0.1) is 11.0 Å². The Hall–Kier alpha value is -3.75. The van der Waals surface area contributed by atoms with Crippen LogP contribution in [0.15, 0.2) is 42.5 Å². The van der Waals surface area contributed by atoms with Crippen molar-refractivity contribution in [2.45, 2.75) is 31.2 Å². The summed E-state index contributed by atoms with van der Waals surface area (Å²) >= 11 is 0. The van der Waals surface area contributed by atoms with Crippen molar-refractivity contribution in [2.75, 3.05) is 5.32 Å². The minimum absolute atomic E-state index is 0.114. The van der Waals surface area contributed by atoms with Crippen LogP contribution in [-0.2, 0) is 9.59 Å². The Morgan fingerprint density at radius 2 is 1.84 bits per heavy atom. The van der Waals surface area contributed by atoms with Gasteiger partial charge in [-0.3, -0.25) is 14.9 Å². The van der Waals surface area contributed by atoms with Crippen LogP contribution in [0.25, 0.3) is 22.4 Å². The van der Waals surface area contributed by atoms with Gasteiger partial charge in [-0.05, 0) is 68.1 Å². The molecule has 0 atom stereocenters. The third kappa shape index (κ3) is 3.52. The maximum Gasteiger partial charge on any atom is 0.322 e. The number of nitrogens with zero attached hydrogens (tertiary/aromatic N) is 1. The highest BCUT2D eigenvalue weighted by molar-refractivity contribution is 6.07. The Kier molecular flexibility index (Phi) is 4.46. The minimum Gasteiger partial charge on any atom is -0.338 e. The molecule has 0 unspecified atom stereocenters. The number of anilines is 1. The molecule has 5 rings (SSSR count). The molecule has 8 nitrogen and oxygen atoms in total. The summed E-state index contributed by atoms with van der Waals surface area (Å²) in [6.07, 6.45) is 1.90. The smallest absolute Gasteiger partial charge is 0.322 e. The number of hydrogen-bond acceptors (Lipinski definition) is 4. The highest BCUT2D eigenvalue weighted by atomic mass is 19.1. The van der Waals surface area contributed by atoms with Crippen LogP contribution in [0, 0.1) is 11.7 Å². The first-order chi connectivity index (χ1) is 14.9. The zero-order valence-electron chi connectivity index (χ0n) is 16.5. The Morgan fingerprint density at radius 3 is 2.52 bits per heavy atom. The van der Waals surface area contributed by atoms with Crippen LogP contribution in [0.2, 0.25) is 0 Å². The van der Waals surface area contributed by atoms with E-state index in [4.69, 9.17) is 0 Å². The van der Waals surface area contributed by atoms with E-state index in [2.05, 4.69) is 25.9 Å². The van der Waals surface area contributed by atoms with E-state index >= 15 is 0 Å². The van der Waals surface area contributed by atoms with Crippen molar-refractivity contribution in [3.63, 3.8) is 0 Å². The summed E-state index contributed by atoms with van der Waals surface area (Å²) in [5.41, 5.74) is 2.02. The second kappa shape index (κ2) is 7.19. The van der Waals surface area contributed by atoms with Crippen LogP contribution in [0.1, 0.15) is 25.7 Å². The SMILES string of the molecule is O=C1NC(=O)C2(CCC(C(=O)Nc3ccc4nc(-c5ccc(F)cc5)[nH]c4c3)CC2)N1. The highest BCUT2D eigenvalue weighted by Crippen LogP contribution is 2.35. The molecular formula is C22H20FN5O3. The van der Waals surface area contributed by atoms with Crippen LogP contribution >= 0.6 is 0 Å². The summed E-state index contributed by atoms with van der Waals surface area (Å²) in [5.74, 6) is -0.347. The molecule has 1 aromatic heterocycles. The molecule has 9 heteroatoms. The maximum absolute atomic E-state index is 13.1. The van der Waals surface area contributed by atoms with Crippen LogP contribution in [-0.4, -0.2) is 33.4 Å². The van der Waals surface area contributed by atoms with Crippen molar-refractivity contribution < 1.29 is 18.8 Å². The summed E-state index contributed by atoms with van der Waals surface area (Å²) in [6, 6.07) is 11.0. The number of benzene rings is 2. The molecule has 4 amide bonds. The first-order valence-electron chi connectivity index (χ1n) is 10.1. The topological polar surface area (TPSA) is 116 Å². The van der Waals surface area contributed by atoms with E-state index in [1.807, 2.05) is 12.1 Å². The van der Waals surface area contributed by atoms with Crippen molar-refractivity contribution in [3.8, 4) is 11.4 Å². The van der Waals surface area contributed by atoms with Gasteiger partial charge in [-0.2, -0.15) is 0 Å². The number of nitrogens with one attached hydrogen (secondary N) is 4. The van der Waals surface area contributed by atoms with Gasteiger partial charge < -0.3 is 15.6 Å². The number of rotatable bonds is 3. The largest absolute Gasteiger partial charge is 0.338 e. The quantitative estimate of drug-likeness (QED) is 0.486. The lowest BCUT2D eigenvalue weighted by Crippen LogP contribution is -2.50. The van der Waals surface area contributed by atoms with Crippen LogP contribution in [0.4, 0.5) is 14.9 Å². The third-order valence-corrected chi connectivity index (χ3v) is 6.09. The zero-order valence-corrected chi connectivity index (χ0v) is 16.5. The molecule has 1 aliphatic carbocycles. The number of aromatic amines is 1. The minimum atomic E-state index is -0.876. The lowest BCUT2D eigenvalue weighted by atomic mass is 9.76. The first kappa shape index (κ1) is 19.2. The van der Waals surface area contributed by atoms with E-state index in [-0.39, 0.29) is 23.5 Å². The normalized spacial score (nSPS) is 23.1. The van der Waals surface area contributed by atoms with Gasteiger partial charge in [-0.1, -0.05) is 0 Å². The number of aromatic nitrogens is 2. The van der Waals surface area contributed by atoms with E-state index < -0.39 is 11.6 Å². The number of carbonyl (C=O) groups excluding carboxylic acids is 3. The second-order valence-electron chi connectivity index (χ2n) is 8.08. The maximum atomic E-state index is 13.1. The van der Waals surface area contributed by atoms with Crippen molar-refractivity contribution in [1.29, 1.82) is 0 Å². The number of hydrogen-bond donors (Lipinski definition) is 4. The summed E-state index contributed by atoms with van der Waals surface area (Å²) in [4.78, 5) is 44.0. The molecule has 3 aromatic rings. The first-order valence-corrected chi connectivity index (χ1v) is 10.1. The van der Waals surface area contributed by atoms with E-state index in [1.54, 1.807) is 18.2 Å². The molecule has 2 aliphatic rings. The molecule has 31 heavy (non-hydrogen) atoms. The molecule has 1 aliphatic heterocycles. The lowest BCUT2D eigenvalue weighted by molar-refractivity contribution is -0.128. The Balaban J connectivity index is 1.27. The number of imidazole rings is 1. The molecule has 1 saturated heterocycles. The molecule has 2 aromatic carbocycles. The Labute approximate surface area is 176 Å². The standard InChI is InChI=1S/C22H20FN5O3/c23-14-3-1-12(2-4-14)18-25-16-6-5-15(11-17(16)26-18)24-19(29)13-7-9-22(10-8-13)20(30)27-21(31)28-22/h1-6,11,13H,7-10H2,(H,24,29)(H,25,26)(H2,27,28,30,31). The van der Waals surface area contributed by atoms with Crippen LogP contribution < -0.4 is 16.0 Å². The fraction of sp³-hybridized carbons (Fsp3) is 0.273. The van der Waals surface area contributed by atoms with Gasteiger partial charge in [0.1, 0.15) is 17.2 Å². The number of amides is 4. The van der Waals surface area contributed by atoms with E-state index in [9.17, 15) is 18.8 Å². The van der Waals surface area contributed by atoms with E-state index in [0.717, 1.165) is 16.6 Å². The zero-order chi connectivity index (χ0) is 21.6. The number of H-pyrrole nitrogens is 1. The van der Waals surface area contributed by atoms with Gasteiger partial charge in [0.2, 0.25) is 5.91 Å². The molecule has 0 radical (unpaired) electrons. The summed E-state index contributed by atoms with van der Waals surface area (Å²) in [6.45, 7) is 0. The number of carbonyl (C=O) groups is 3. The van der Waals surface area contributed by atoms with Crippen molar-refractivity contribution in [2.24, 2.45) is 5.92 Å². The Morgan fingerprint density at radius 1 is 1.10 bits per heavy atom. The molecule has 0 bridgehead atoms. The highest BCUT2D eigenvalue weighted by Gasteiger charge is 2.48. The third-order valence-electron chi connectivity index (χ3n) is 6.09. The average molecular weight is 421 g/mol. The van der Waals surface area contributed by atoms with Gasteiger partial charge in [-0.15, -0.1) is 0 Å². The van der Waals surface area contributed by atoms with Crippen LogP contribution in [0.3, 0.4) is 0 Å². The molecule has 2 fully saturated rings. The molecule has 4 N–H and O–H groups in total. The predicted octanol–water partition coefficient (Wildman–Crippen LogP) is 3.08.